The summed E-state index contributed by atoms with van der Waals surface area (Å²) in [6.45, 7) is 6.34. The Morgan fingerprint density at radius 2 is 1.87 bits per heavy atom. The molecule has 2 aromatic rings. The van der Waals surface area contributed by atoms with Crippen LogP contribution in [0, 0.1) is 5.92 Å². The lowest BCUT2D eigenvalue weighted by atomic mass is 10.0. The van der Waals surface area contributed by atoms with Crippen LogP contribution in [-0.2, 0) is 12.7 Å². The van der Waals surface area contributed by atoms with E-state index in [9.17, 15) is 23.1 Å². The molecule has 3 N–H and O–H groups in total. The van der Waals surface area contributed by atoms with Gasteiger partial charge in [0.25, 0.3) is 5.91 Å². The van der Waals surface area contributed by atoms with E-state index in [0.29, 0.717) is 30.5 Å². The lowest BCUT2D eigenvalue weighted by Crippen LogP contribution is -2.37. The summed E-state index contributed by atoms with van der Waals surface area (Å²) in [5.41, 5.74) is -0.612. The van der Waals surface area contributed by atoms with E-state index in [-0.39, 0.29) is 30.0 Å². The number of carbonyl (C=O) groups excluding carboxylic acids is 1. The van der Waals surface area contributed by atoms with Crippen LogP contribution in [0.25, 0.3) is 11.3 Å². The van der Waals surface area contributed by atoms with Crippen LogP contribution in [0.2, 0.25) is 0 Å². The maximum absolute atomic E-state index is 12.9. The topological polar surface area (TPSA) is 87.4 Å². The largest absolute Gasteiger partial charge is 0.416 e. The molecule has 3 rings (SSSR count). The number of carbonyl (C=O) groups is 1. The highest BCUT2D eigenvalue weighted by atomic mass is 19.4. The van der Waals surface area contributed by atoms with Crippen LogP contribution in [-0.4, -0.2) is 34.4 Å². The highest BCUT2D eigenvalue weighted by Gasteiger charge is 2.40. The number of rotatable bonds is 8. The van der Waals surface area contributed by atoms with E-state index in [4.69, 9.17) is 4.52 Å². The lowest BCUT2D eigenvalue weighted by molar-refractivity contribution is -0.137. The number of alkyl halides is 3. The molecule has 0 radical (unpaired) electrons. The number of benzene rings is 1. The highest BCUT2D eigenvalue weighted by Crippen LogP contribution is 2.35. The minimum Gasteiger partial charge on any atom is -0.389 e. The molecule has 1 aromatic carbocycles. The second-order valence-corrected chi connectivity index (χ2v) is 8.25. The first-order valence-corrected chi connectivity index (χ1v) is 9.90. The van der Waals surface area contributed by atoms with E-state index in [0.717, 1.165) is 12.1 Å². The van der Waals surface area contributed by atoms with Crippen molar-refractivity contribution in [2.24, 2.45) is 5.92 Å². The number of amides is 1. The molecule has 0 aliphatic heterocycles. The second kappa shape index (κ2) is 8.39. The monoisotopic (exact) mass is 425 g/mol. The Morgan fingerprint density at radius 1 is 1.23 bits per heavy atom. The van der Waals surface area contributed by atoms with E-state index in [1.54, 1.807) is 0 Å². The van der Waals surface area contributed by atoms with Crippen molar-refractivity contribution in [3.8, 4) is 11.3 Å². The quantitative estimate of drug-likeness (QED) is 0.600. The van der Waals surface area contributed by atoms with Gasteiger partial charge in [0.05, 0.1) is 11.2 Å². The molecule has 1 amide bonds. The van der Waals surface area contributed by atoms with E-state index in [2.05, 4.69) is 15.8 Å². The van der Waals surface area contributed by atoms with Crippen molar-refractivity contribution in [1.29, 1.82) is 0 Å². The summed E-state index contributed by atoms with van der Waals surface area (Å²) in [6, 6.07) is 4.40. The fourth-order valence-corrected chi connectivity index (χ4v) is 2.87. The number of aliphatic hydroxyl groups is 1. The average Bonchev–Trinajstić information content (AvgIpc) is 3.25. The molecule has 1 aliphatic rings. The maximum Gasteiger partial charge on any atom is 0.416 e. The SMILES string of the molecule is CC(C)C(C)NC(=O)c1noc(-c2ccc(C(F)(F)F)cc2)c1CNCC1(O)CC1. The lowest BCUT2D eigenvalue weighted by Gasteiger charge is -2.17. The van der Waals surface area contributed by atoms with Crippen LogP contribution in [0.3, 0.4) is 0 Å². The van der Waals surface area contributed by atoms with Crippen molar-refractivity contribution in [2.75, 3.05) is 6.54 Å². The number of nitrogens with zero attached hydrogens (tertiary/aromatic N) is 1. The van der Waals surface area contributed by atoms with Gasteiger partial charge in [-0.3, -0.25) is 4.79 Å². The fourth-order valence-electron chi connectivity index (χ4n) is 2.87. The number of aromatic nitrogens is 1. The summed E-state index contributed by atoms with van der Waals surface area (Å²) >= 11 is 0. The zero-order valence-electron chi connectivity index (χ0n) is 17.1. The third-order valence-corrected chi connectivity index (χ3v) is 5.42. The molecule has 164 valence electrons. The second-order valence-electron chi connectivity index (χ2n) is 8.25. The average molecular weight is 425 g/mol. The molecule has 0 bridgehead atoms. The number of hydrogen-bond acceptors (Lipinski definition) is 5. The van der Waals surface area contributed by atoms with Gasteiger partial charge in [-0.2, -0.15) is 13.2 Å². The Balaban J connectivity index is 1.87. The van der Waals surface area contributed by atoms with Gasteiger partial charge in [-0.05, 0) is 37.8 Å². The Morgan fingerprint density at radius 3 is 2.40 bits per heavy atom. The summed E-state index contributed by atoms with van der Waals surface area (Å²) in [4.78, 5) is 12.7. The Bertz CT molecular complexity index is 887. The Labute approximate surface area is 172 Å². The third kappa shape index (κ3) is 5.20. The smallest absolute Gasteiger partial charge is 0.389 e. The predicted octanol–water partition coefficient (Wildman–Crippen LogP) is 3.75. The standard InChI is InChI=1S/C21H26F3N3O3/c1-12(2)13(3)26-19(28)17-16(10-25-11-20(29)8-9-20)18(30-27-17)14-4-6-15(7-5-14)21(22,23)24/h4-7,12-13,25,29H,8-11H2,1-3H3,(H,26,28). The maximum atomic E-state index is 12.9. The van der Waals surface area contributed by atoms with Gasteiger partial charge in [0.2, 0.25) is 0 Å². The zero-order valence-corrected chi connectivity index (χ0v) is 17.1. The van der Waals surface area contributed by atoms with Crippen LogP contribution < -0.4 is 10.6 Å². The minimum absolute atomic E-state index is 0.0766. The van der Waals surface area contributed by atoms with Gasteiger partial charge < -0.3 is 20.3 Å². The van der Waals surface area contributed by atoms with Gasteiger partial charge in [-0.1, -0.05) is 31.1 Å². The van der Waals surface area contributed by atoms with Crippen LogP contribution in [0.15, 0.2) is 28.8 Å². The molecule has 1 aliphatic carbocycles. The number of hydrogen-bond donors (Lipinski definition) is 3. The van der Waals surface area contributed by atoms with Crippen LogP contribution in [0.4, 0.5) is 13.2 Å². The van der Waals surface area contributed by atoms with Crippen LogP contribution >= 0.6 is 0 Å². The summed E-state index contributed by atoms with van der Waals surface area (Å²) in [7, 11) is 0. The molecule has 30 heavy (non-hydrogen) atoms. The summed E-state index contributed by atoms with van der Waals surface area (Å²) < 4.78 is 44.0. The third-order valence-electron chi connectivity index (χ3n) is 5.42. The molecule has 9 heteroatoms. The fraction of sp³-hybridized carbons (Fsp3) is 0.524. The van der Waals surface area contributed by atoms with Gasteiger partial charge in [-0.15, -0.1) is 0 Å². The molecule has 1 atom stereocenters. The van der Waals surface area contributed by atoms with Crippen LogP contribution in [0.5, 0.6) is 0 Å². The summed E-state index contributed by atoms with van der Waals surface area (Å²) in [5.74, 6) is 0.0160. The first-order valence-electron chi connectivity index (χ1n) is 9.90. The van der Waals surface area contributed by atoms with Gasteiger partial charge in [0.15, 0.2) is 11.5 Å². The molecule has 1 aromatic heterocycles. The molecular formula is C21H26F3N3O3. The highest BCUT2D eigenvalue weighted by molar-refractivity contribution is 5.95. The van der Waals surface area contributed by atoms with Crippen LogP contribution in [0.1, 0.15) is 55.2 Å². The Kier molecular flexibility index (Phi) is 6.24. The van der Waals surface area contributed by atoms with Gasteiger partial charge in [-0.25, -0.2) is 0 Å². The van der Waals surface area contributed by atoms with E-state index in [1.165, 1.54) is 12.1 Å². The molecule has 1 unspecified atom stereocenters. The van der Waals surface area contributed by atoms with E-state index >= 15 is 0 Å². The first kappa shape index (κ1) is 22.3. The molecule has 0 spiro atoms. The minimum atomic E-state index is -4.44. The molecular weight excluding hydrogens is 399 g/mol. The summed E-state index contributed by atoms with van der Waals surface area (Å²) in [5, 5.41) is 19.9. The van der Waals surface area contributed by atoms with Crippen molar-refractivity contribution < 1.29 is 27.6 Å². The molecule has 1 fully saturated rings. The van der Waals surface area contributed by atoms with Crippen molar-refractivity contribution in [3.63, 3.8) is 0 Å². The predicted molar refractivity (Wildman–Crippen MR) is 105 cm³/mol. The summed E-state index contributed by atoms with van der Waals surface area (Å²) in [6.07, 6.45) is -3.04. The van der Waals surface area contributed by atoms with Gasteiger partial charge in [0, 0.05) is 30.3 Å². The van der Waals surface area contributed by atoms with Gasteiger partial charge in [0.1, 0.15) is 0 Å². The molecule has 1 saturated carbocycles. The molecule has 6 nitrogen and oxygen atoms in total. The number of halogens is 3. The first-order chi connectivity index (χ1) is 14.0. The van der Waals surface area contributed by atoms with Crippen molar-refractivity contribution in [2.45, 2.75) is 58.0 Å². The Hall–Kier alpha value is -2.39. The van der Waals surface area contributed by atoms with Crippen molar-refractivity contribution in [3.05, 3.63) is 41.1 Å². The number of nitrogens with one attached hydrogen (secondary N) is 2. The van der Waals surface area contributed by atoms with Crippen molar-refractivity contribution >= 4 is 5.91 Å². The van der Waals surface area contributed by atoms with Crippen molar-refractivity contribution in [1.82, 2.24) is 15.8 Å². The van der Waals surface area contributed by atoms with E-state index in [1.807, 2.05) is 20.8 Å². The zero-order chi connectivity index (χ0) is 22.1. The molecule has 1 heterocycles. The van der Waals surface area contributed by atoms with Gasteiger partial charge >= 0.3 is 6.18 Å². The normalized spacial score (nSPS) is 16.5. The molecule has 0 saturated heterocycles. The van der Waals surface area contributed by atoms with E-state index < -0.39 is 23.2 Å².